The van der Waals surface area contributed by atoms with Crippen LogP contribution in [-0.4, -0.2) is 23.1 Å². The monoisotopic (exact) mass is 277 g/mol. The Balaban J connectivity index is 2.18. The lowest BCUT2D eigenvalue weighted by Crippen LogP contribution is -2.34. The molecule has 0 spiro atoms. The molecule has 1 aliphatic rings. The second-order valence-electron chi connectivity index (χ2n) is 6.40. The Morgan fingerprint density at radius 1 is 1.40 bits per heavy atom. The van der Waals surface area contributed by atoms with Crippen LogP contribution in [0.15, 0.2) is 6.20 Å². The molecule has 1 heterocycles. The van der Waals surface area contributed by atoms with E-state index < -0.39 is 0 Å². The number of rotatable bonds is 6. The molecule has 0 bridgehead atoms. The van der Waals surface area contributed by atoms with Crippen molar-refractivity contribution in [2.45, 2.75) is 59.6 Å². The Labute approximate surface area is 122 Å². The summed E-state index contributed by atoms with van der Waals surface area (Å²) in [7, 11) is 0. The van der Waals surface area contributed by atoms with Gasteiger partial charge < -0.3 is 10.1 Å². The van der Waals surface area contributed by atoms with E-state index >= 15 is 0 Å². The smallest absolute Gasteiger partial charge is 0.154 e. The summed E-state index contributed by atoms with van der Waals surface area (Å²) < 4.78 is 5.55. The molecule has 112 valence electrons. The van der Waals surface area contributed by atoms with E-state index in [9.17, 15) is 0 Å². The molecule has 0 aromatic carbocycles. The van der Waals surface area contributed by atoms with Crippen molar-refractivity contribution in [2.24, 2.45) is 5.41 Å². The van der Waals surface area contributed by atoms with Crippen LogP contribution in [0.3, 0.4) is 0 Å². The van der Waals surface area contributed by atoms with Crippen molar-refractivity contribution in [1.82, 2.24) is 15.3 Å². The number of nitrogens with zero attached hydrogens (tertiary/aromatic N) is 2. The van der Waals surface area contributed by atoms with Gasteiger partial charge in [-0.15, -0.1) is 0 Å². The zero-order valence-electron chi connectivity index (χ0n) is 13.2. The van der Waals surface area contributed by atoms with Crippen LogP contribution in [-0.2, 0) is 17.8 Å². The minimum Gasteiger partial charge on any atom is -0.373 e. The normalized spacial score (nSPS) is 20.7. The summed E-state index contributed by atoms with van der Waals surface area (Å²) in [6.45, 7) is 11.2. The molecule has 1 unspecified atom stereocenters. The van der Waals surface area contributed by atoms with E-state index in [1.165, 1.54) is 11.3 Å². The lowest BCUT2D eigenvalue weighted by molar-refractivity contribution is 0.115. The number of hydrogen-bond acceptors (Lipinski definition) is 4. The Bertz CT molecular complexity index is 445. The maximum absolute atomic E-state index is 5.55. The average Bonchev–Trinajstić information content (AvgIpc) is 2.37. The number of aromatic nitrogens is 2. The number of nitrogens with one attached hydrogen (secondary N) is 1. The number of ether oxygens (including phenoxy) is 1. The molecule has 4 nitrogen and oxygen atoms in total. The van der Waals surface area contributed by atoms with Crippen molar-refractivity contribution in [2.75, 3.05) is 13.2 Å². The fourth-order valence-corrected chi connectivity index (χ4v) is 2.89. The summed E-state index contributed by atoms with van der Waals surface area (Å²) in [5.74, 6) is 0.810. The first kappa shape index (κ1) is 15.4. The molecule has 0 amide bonds. The highest BCUT2D eigenvalue weighted by Crippen LogP contribution is 2.39. The topological polar surface area (TPSA) is 47.0 Å². The van der Waals surface area contributed by atoms with Gasteiger partial charge in [0.2, 0.25) is 0 Å². The summed E-state index contributed by atoms with van der Waals surface area (Å²) in [5.41, 5.74) is 2.75. The molecule has 20 heavy (non-hydrogen) atoms. The number of fused-ring (bicyclic) bond motifs is 1. The Morgan fingerprint density at radius 2 is 2.20 bits per heavy atom. The minimum atomic E-state index is 0.287. The van der Waals surface area contributed by atoms with Gasteiger partial charge in [-0.3, -0.25) is 0 Å². The summed E-state index contributed by atoms with van der Waals surface area (Å²) in [4.78, 5) is 9.21. The lowest BCUT2D eigenvalue weighted by Gasteiger charge is -2.36. The van der Waals surface area contributed by atoms with Crippen molar-refractivity contribution in [3.63, 3.8) is 0 Å². The molecule has 1 aromatic heterocycles. The standard InChI is InChI=1S/C16H27N3O/c1-5-7-20-11-15-18-10-12-13(17-6-2)8-16(3,4)9-14(12)19-15/h10,13,17H,5-9,11H2,1-4H3. The van der Waals surface area contributed by atoms with Crippen LogP contribution in [0.5, 0.6) is 0 Å². The van der Waals surface area contributed by atoms with Gasteiger partial charge in [0, 0.05) is 30.1 Å². The predicted molar refractivity (Wildman–Crippen MR) is 80.5 cm³/mol. The fourth-order valence-electron chi connectivity index (χ4n) is 2.89. The molecular formula is C16H27N3O. The highest BCUT2D eigenvalue weighted by atomic mass is 16.5. The predicted octanol–water partition coefficient (Wildman–Crippen LogP) is 3.03. The summed E-state index contributed by atoms with van der Waals surface area (Å²) in [6, 6.07) is 0.379. The summed E-state index contributed by atoms with van der Waals surface area (Å²) in [5, 5.41) is 3.56. The molecule has 4 heteroatoms. The lowest BCUT2D eigenvalue weighted by atomic mass is 9.74. The first-order valence-electron chi connectivity index (χ1n) is 7.71. The van der Waals surface area contributed by atoms with Gasteiger partial charge in [-0.05, 0) is 31.2 Å². The van der Waals surface area contributed by atoms with Gasteiger partial charge >= 0.3 is 0 Å². The first-order valence-corrected chi connectivity index (χ1v) is 7.71. The van der Waals surface area contributed by atoms with Crippen LogP contribution in [0, 0.1) is 5.41 Å². The van der Waals surface area contributed by atoms with Gasteiger partial charge in [0.25, 0.3) is 0 Å². The van der Waals surface area contributed by atoms with E-state index in [2.05, 4.69) is 38.0 Å². The second-order valence-corrected chi connectivity index (χ2v) is 6.40. The zero-order valence-corrected chi connectivity index (χ0v) is 13.2. The Morgan fingerprint density at radius 3 is 2.90 bits per heavy atom. The summed E-state index contributed by atoms with van der Waals surface area (Å²) in [6.07, 6.45) is 5.19. The van der Waals surface area contributed by atoms with Gasteiger partial charge in [0.15, 0.2) is 5.82 Å². The van der Waals surface area contributed by atoms with Crippen LogP contribution in [0.4, 0.5) is 0 Å². The molecule has 1 aromatic rings. The van der Waals surface area contributed by atoms with Gasteiger partial charge in [-0.2, -0.15) is 0 Å². The zero-order chi connectivity index (χ0) is 14.6. The highest BCUT2D eigenvalue weighted by molar-refractivity contribution is 5.26. The quantitative estimate of drug-likeness (QED) is 0.812. The molecule has 2 rings (SSSR count). The molecule has 0 aliphatic heterocycles. The summed E-state index contributed by atoms with van der Waals surface area (Å²) >= 11 is 0. The first-order chi connectivity index (χ1) is 9.55. The second kappa shape index (κ2) is 6.64. The van der Waals surface area contributed by atoms with Crippen molar-refractivity contribution >= 4 is 0 Å². The third-order valence-electron chi connectivity index (χ3n) is 3.76. The highest BCUT2D eigenvalue weighted by Gasteiger charge is 2.33. The van der Waals surface area contributed by atoms with E-state index in [1.807, 2.05) is 6.20 Å². The van der Waals surface area contributed by atoms with Gasteiger partial charge in [0.05, 0.1) is 0 Å². The van der Waals surface area contributed by atoms with Crippen molar-refractivity contribution in [3.8, 4) is 0 Å². The van der Waals surface area contributed by atoms with Crippen molar-refractivity contribution in [3.05, 3.63) is 23.3 Å². The van der Waals surface area contributed by atoms with Gasteiger partial charge in [0.1, 0.15) is 6.61 Å². The van der Waals surface area contributed by atoms with Gasteiger partial charge in [-0.25, -0.2) is 9.97 Å². The Kier molecular flexibility index (Phi) is 5.11. The van der Waals surface area contributed by atoms with E-state index in [4.69, 9.17) is 9.72 Å². The van der Waals surface area contributed by atoms with E-state index in [0.29, 0.717) is 12.6 Å². The number of hydrogen-bond donors (Lipinski definition) is 1. The molecule has 0 saturated carbocycles. The van der Waals surface area contributed by atoms with Crippen LogP contribution in [0.1, 0.15) is 63.7 Å². The molecule has 0 saturated heterocycles. The van der Waals surface area contributed by atoms with E-state index in [0.717, 1.165) is 38.2 Å². The molecule has 0 fully saturated rings. The third kappa shape index (κ3) is 3.76. The van der Waals surface area contributed by atoms with E-state index in [1.54, 1.807) is 0 Å². The molecular weight excluding hydrogens is 250 g/mol. The molecule has 1 aliphatic carbocycles. The maximum atomic E-state index is 5.55. The average molecular weight is 277 g/mol. The fraction of sp³-hybridized carbons (Fsp3) is 0.750. The van der Waals surface area contributed by atoms with Crippen LogP contribution >= 0.6 is 0 Å². The maximum Gasteiger partial charge on any atom is 0.154 e. The van der Waals surface area contributed by atoms with Crippen LogP contribution in [0.2, 0.25) is 0 Å². The molecule has 0 radical (unpaired) electrons. The third-order valence-corrected chi connectivity index (χ3v) is 3.76. The van der Waals surface area contributed by atoms with Crippen LogP contribution < -0.4 is 5.32 Å². The SMILES string of the molecule is CCCOCc1ncc2c(n1)CC(C)(C)CC2NCC. The Hall–Kier alpha value is -1.00. The van der Waals surface area contributed by atoms with Crippen molar-refractivity contribution < 1.29 is 4.74 Å². The largest absolute Gasteiger partial charge is 0.373 e. The minimum absolute atomic E-state index is 0.287. The van der Waals surface area contributed by atoms with E-state index in [-0.39, 0.29) is 5.41 Å². The molecule has 1 atom stereocenters. The van der Waals surface area contributed by atoms with Crippen LogP contribution in [0.25, 0.3) is 0 Å². The van der Waals surface area contributed by atoms with Crippen molar-refractivity contribution in [1.29, 1.82) is 0 Å². The molecule has 1 N–H and O–H groups in total. The van der Waals surface area contributed by atoms with Gasteiger partial charge in [-0.1, -0.05) is 27.7 Å².